The molecule has 0 N–H and O–H groups in total. The summed E-state index contributed by atoms with van der Waals surface area (Å²) in [7, 11) is 0. The van der Waals surface area contributed by atoms with Gasteiger partial charge in [0, 0.05) is 12.8 Å². The zero-order chi connectivity index (χ0) is 21.7. The summed E-state index contributed by atoms with van der Waals surface area (Å²) in [5.41, 5.74) is -4.83. The van der Waals surface area contributed by atoms with Crippen molar-refractivity contribution in [1.29, 1.82) is 0 Å². The summed E-state index contributed by atoms with van der Waals surface area (Å²) < 4.78 is 0. The molecule has 0 aromatic heterocycles. The molecule has 0 aliphatic carbocycles. The molecule has 0 aliphatic rings. The molecule has 27 heavy (non-hydrogen) atoms. The minimum absolute atomic E-state index is 0.233. The molecule has 148 valence electrons. The van der Waals surface area contributed by atoms with Crippen LogP contribution in [0.3, 0.4) is 0 Å². The highest BCUT2D eigenvalue weighted by Crippen LogP contribution is 2.29. The Balaban J connectivity index is 5.58. The standard InChI is InChI=1S/C19H24O8/c1-10(20)18(11(2)21,12(3)22)16(26)8-7-9-17(27)19(13(4)23,14(5)24)15(6)25/h7-9H2,1-6H3. The van der Waals surface area contributed by atoms with E-state index in [1.54, 1.807) is 0 Å². The van der Waals surface area contributed by atoms with Crippen LogP contribution in [0.15, 0.2) is 0 Å². The fourth-order valence-corrected chi connectivity index (χ4v) is 3.45. The van der Waals surface area contributed by atoms with Crippen LogP contribution in [0.5, 0.6) is 0 Å². The van der Waals surface area contributed by atoms with Crippen LogP contribution in [0.25, 0.3) is 0 Å². The molecule has 0 unspecified atom stereocenters. The number of rotatable bonds is 12. The Morgan fingerprint density at radius 1 is 0.444 bits per heavy atom. The lowest BCUT2D eigenvalue weighted by atomic mass is 9.70. The predicted molar refractivity (Wildman–Crippen MR) is 92.8 cm³/mol. The molecule has 0 aromatic carbocycles. The topological polar surface area (TPSA) is 137 Å². The molecule has 0 fully saturated rings. The van der Waals surface area contributed by atoms with E-state index in [1.807, 2.05) is 0 Å². The Morgan fingerprint density at radius 2 is 0.630 bits per heavy atom. The average molecular weight is 380 g/mol. The molecule has 0 rings (SSSR count). The molecule has 8 nitrogen and oxygen atoms in total. The molecule has 0 amide bonds. The van der Waals surface area contributed by atoms with Crippen molar-refractivity contribution >= 4 is 46.3 Å². The quantitative estimate of drug-likeness (QED) is 0.453. The minimum Gasteiger partial charge on any atom is -0.298 e. The zero-order valence-electron chi connectivity index (χ0n) is 16.4. The van der Waals surface area contributed by atoms with Gasteiger partial charge < -0.3 is 0 Å². The fraction of sp³-hybridized carbons (Fsp3) is 0.579. The summed E-state index contributed by atoms with van der Waals surface area (Å²) in [5, 5.41) is 0. The summed E-state index contributed by atoms with van der Waals surface area (Å²) in [4.78, 5) is 96.0. The van der Waals surface area contributed by atoms with Crippen LogP contribution in [0.2, 0.25) is 0 Å². The summed E-state index contributed by atoms with van der Waals surface area (Å²) in [6, 6.07) is 0. The second kappa shape index (κ2) is 8.83. The van der Waals surface area contributed by atoms with Crippen LogP contribution in [0, 0.1) is 10.8 Å². The van der Waals surface area contributed by atoms with E-state index < -0.39 is 69.9 Å². The van der Waals surface area contributed by atoms with E-state index in [4.69, 9.17) is 0 Å². The van der Waals surface area contributed by atoms with Crippen LogP contribution in [0.4, 0.5) is 0 Å². The molecule has 0 saturated carbocycles. The lowest BCUT2D eigenvalue weighted by molar-refractivity contribution is -0.155. The lowest BCUT2D eigenvalue weighted by Crippen LogP contribution is -2.50. The van der Waals surface area contributed by atoms with Gasteiger partial charge in [-0.15, -0.1) is 0 Å². The molecule has 0 aliphatic heterocycles. The summed E-state index contributed by atoms with van der Waals surface area (Å²) in [6.07, 6.45) is -1.19. The average Bonchev–Trinajstić information content (AvgIpc) is 2.45. The smallest absolute Gasteiger partial charge is 0.202 e. The van der Waals surface area contributed by atoms with Gasteiger partial charge in [-0.25, -0.2) is 0 Å². The molecule has 0 bridgehead atoms. The van der Waals surface area contributed by atoms with Gasteiger partial charge >= 0.3 is 0 Å². The first-order valence-electron chi connectivity index (χ1n) is 8.34. The van der Waals surface area contributed by atoms with Crippen LogP contribution >= 0.6 is 0 Å². The van der Waals surface area contributed by atoms with Gasteiger partial charge in [-0.05, 0) is 48.0 Å². The molecular weight excluding hydrogens is 356 g/mol. The second-order valence-corrected chi connectivity index (χ2v) is 6.54. The molecule has 0 spiro atoms. The van der Waals surface area contributed by atoms with E-state index >= 15 is 0 Å². The van der Waals surface area contributed by atoms with E-state index in [-0.39, 0.29) is 6.42 Å². The number of hydrogen-bond acceptors (Lipinski definition) is 8. The van der Waals surface area contributed by atoms with Gasteiger partial charge in [-0.1, -0.05) is 0 Å². The van der Waals surface area contributed by atoms with Gasteiger partial charge in [0.2, 0.25) is 10.8 Å². The zero-order valence-corrected chi connectivity index (χ0v) is 16.4. The van der Waals surface area contributed by atoms with Crippen LogP contribution < -0.4 is 0 Å². The molecule has 0 radical (unpaired) electrons. The van der Waals surface area contributed by atoms with E-state index in [0.717, 1.165) is 41.5 Å². The van der Waals surface area contributed by atoms with Crippen molar-refractivity contribution in [1.82, 2.24) is 0 Å². The van der Waals surface area contributed by atoms with Crippen molar-refractivity contribution in [2.75, 3.05) is 0 Å². The Kier molecular flexibility index (Phi) is 7.97. The molecular formula is C19H24O8. The van der Waals surface area contributed by atoms with Crippen LogP contribution in [-0.4, -0.2) is 46.3 Å². The van der Waals surface area contributed by atoms with Gasteiger partial charge in [0.25, 0.3) is 0 Å². The first-order chi connectivity index (χ1) is 12.2. The van der Waals surface area contributed by atoms with Crippen molar-refractivity contribution in [2.45, 2.75) is 60.8 Å². The molecule has 8 heteroatoms. The maximum Gasteiger partial charge on any atom is 0.202 e. The third kappa shape index (κ3) is 4.04. The first kappa shape index (κ1) is 24.4. The van der Waals surface area contributed by atoms with Crippen molar-refractivity contribution in [3.8, 4) is 0 Å². The number of Topliss-reactive ketones (excluding diaryl/α,β-unsaturated/α-hetero) is 8. The Hall–Kier alpha value is -2.64. The summed E-state index contributed by atoms with van der Waals surface area (Å²) in [6.45, 7) is 5.74. The third-order valence-electron chi connectivity index (χ3n) is 4.81. The number of ketones is 8. The number of carbonyl (C=O) groups is 8. The normalized spacial score (nSPS) is 11.5. The second-order valence-electron chi connectivity index (χ2n) is 6.54. The lowest BCUT2D eigenvalue weighted by Gasteiger charge is -2.25. The fourth-order valence-electron chi connectivity index (χ4n) is 3.45. The predicted octanol–water partition coefficient (Wildman–Crippen LogP) is 0.802. The van der Waals surface area contributed by atoms with E-state index in [1.165, 1.54) is 0 Å². The maximum atomic E-state index is 12.4. The van der Waals surface area contributed by atoms with Crippen LogP contribution in [-0.2, 0) is 38.4 Å². The van der Waals surface area contributed by atoms with E-state index in [2.05, 4.69) is 0 Å². The van der Waals surface area contributed by atoms with Gasteiger partial charge in [-0.2, -0.15) is 0 Å². The molecule has 0 saturated heterocycles. The van der Waals surface area contributed by atoms with Gasteiger partial charge in [-0.3, -0.25) is 38.4 Å². The number of hydrogen-bond donors (Lipinski definition) is 0. The van der Waals surface area contributed by atoms with Gasteiger partial charge in [0.05, 0.1) is 0 Å². The van der Waals surface area contributed by atoms with Gasteiger partial charge in [0.1, 0.15) is 0 Å². The monoisotopic (exact) mass is 380 g/mol. The number of carbonyl (C=O) groups excluding carboxylic acids is 8. The first-order valence-corrected chi connectivity index (χ1v) is 8.34. The molecule has 0 heterocycles. The van der Waals surface area contributed by atoms with Crippen molar-refractivity contribution in [3.63, 3.8) is 0 Å². The molecule has 0 aromatic rings. The highest BCUT2D eigenvalue weighted by atomic mass is 16.2. The Morgan fingerprint density at radius 3 is 0.778 bits per heavy atom. The molecule has 0 atom stereocenters. The summed E-state index contributed by atoms with van der Waals surface area (Å²) in [5.74, 6) is -7.39. The van der Waals surface area contributed by atoms with Crippen molar-refractivity contribution < 1.29 is 38.4 Å². The van der Waals surface area contributed by atoms with Gasteiger partial charge in [0.15, 0.2) is 46.3 Å². The minimum atomic E-state index is -2.41. The van der Waals surface area contributed by atoms with E-state index in [9.17, 15) is 38.4 Å². The Labute approximate surface area is 157 Å². The summed E-state index contributed by atoms with van der Waals surface area (Å²) >= 11 is 0. The Bertz CT molecular complexity index is 607. The third-order valence-corrected chi connectivity index (χ3v) is 4.81. The van der Waals surface area contributed by atoms with Crippen molar-refractivity contribution in [3.05, 3.63) is 0 Å². The van der Waals surface area contributed by atoms with E-state index in [0.29, 0.717) is 0 Å². The highest BCUT2D eigenvalue weighted by molar-refractivity contribution is 6.38. The largest absolute Gasteiger partial charge is 0.298 e. The highest BCUT2D eigenvalue weighted by Gasteiger charge is 2.53. The SMILES string of the molecule is CC(=O)C(C(C)=O)(C(C)=O)C(=O)CCCC(=O)C(C(C)=O)(C(C)=O)C(C)=O. The van der Waals surface area contributed by atoms with Crippen molar-refractivity contribution in [2.24, 2.45) is 10.8 Å². The van der Waals surface area contributed by atoms with Crippen LogP contribution in [0.1, 0.15) is 60.8 Å². The maximum absolute atomic E-state index is 12.4.